The molecule has 204 valence electrons. The Kier molecular flexibility index (Phi) is 11.4. The molecule has 0 atom stereocenters. The first-order valence-electron chi connectivity index (χ1n) is 12.6. The minimum absolute atomic E-state index is 0. The molecule has 0 amide bonds. The monoisotopic (exact) mass is 559 g/mol. The number of rotatable bonds is 6. The van der Waals surface area contributed by atoms with Gasteiger partial charge in [-0.25, -0.2) is 0 Å². The van der Waals surface area contributed by atoms with Crippen molar-refractivity contribution < 1.29 is 26.7 Å². The molecule has 0 spiro atoms. The molecule has 0 saturated heterocycles. The Morgan fingerprint density at radius 1 is 0.595 bits per heavy atom. The van der Waals surface area contributed by atoms with Gasteiger partial charge in [-0.3, -0.25) is 0 Å². The van der Waals surface area contributed by atoms with Gasteiger partial charge in [0.1, 0.15) is 24.7 Å². The molecule has 2 N–H and O–H groups in total. The van der Waals surface area contributed by atoms with Crippen LogP contribution in [-0.2, 0) is 48.5 Å². The fraction of sp³-hybridized carbons (Fsp3) is 0.600. The summed E-state index contributed by atoms with van der Waals surface area (Å²) < 4.78 is 23.9. The Labute approximate surface area is 258 Å². The third-order valence-electron chi connectivity index (χ3n) is 6.24. The van der Waals surface area contributed by atoms with Crippen molar-refractivity contribution in [2.75, 3.05) is 0 Å². The standard InChI is InChI=1S/C30H45O5P.Ca.2H/c1-27(2,3)21-13-19(14-22(25(21)31)28(4,5)6)17-34-36(33)35-18-20-15-23(29(7,8)9)26(32)24(16-20)30(10,11)12;;;/h13-16H,17-18H2,1-12H3,(H-,31,32);;;/q;+2;2*-1/p+1. The number of benzene rings is 2. The smallest absolute Gasteiger partial charge is 1.00 e. The van der Waals surface area contributed by atoms with Crippen LogP contribution < -0.4 is 0 Å². The minimum atomic E-state index is -2.37. The molecular weight excluding hydrogens is 511 g/mol. The average molecular weight is 560 g/mol. The van der Waals surface area contributed by atoms with Crippen LogP contribution in [0.2, 0.25) is 0 Å². The van der Waals surface area contributed by atoms with Crippen LogP contribution >= 0.6 is 8.25 Å². The van der Waals surface area contributed by atoms with Crippen LogP contribution in [-0.4, -0.2) is 48.0 Å². The molecule has 2 aromatic carbocycles. The molecule has 0 aliphatic rings. The second-order valence-corrected chi connectivity index (χ2v) is 14.8. The van der Waals surface area contributed by atoms with Gasteiger partial charge in [-0.05, 0) is 79.3 Å². The van der Waals surface area contributed by atoms with Crippen molar-refractivity contribution in [3.05, 3.63) is 57.6 Å². The number of hydrogen-bond donors (Lipinski definition) is 2. The van der Waals surface area contributed by atoms with Crippen molar-refractivity contribution in [2.45, 2.75) is 118 Å². The van der Waals surface area contributed by atoms with Gasteiger partial charge in [0.05, 0.1) is 0 Å². The maximum absolute atomic E-state index is 12.7. The second kappa shape index (κ2) is 12.2. The Hall–Kier alpha value is -0.680. The number of phenolic OH excluding ortho intramolecular Hbond substituents is 2. The first-order chi connectivity index (χ1) is 16.1. The van der Waals surface area contributed by atoms with E-state index in [1.807, 2.05) is 24.3 Å². The summed E-state index contributed by atoms with van der Waals surface area (Å²) in [5, 5.41) is 21.8. The normalized spacial score (nSPS) is 12.9. The molecule has 0 aliphatic heterocycles. The summed E-state index contributed by atoms with van der Waals surface area (Å²) in [5.74, 6) is 0.604. The van der Waals surface area contributed by atoms with Crippen molar-refractivity contribution in [3.63, 3.8) is 0 Å². The summed E-state index contributed by atoms with van der Waals surface area (Å²) >= 11 is 0. The van der Waals surface area contributed by atoms with Crippen LogP contribution in [0.15, 0.2) is 24.3 Å². The van der Waals surface area contributed by atoms with Gasteiger partial charge in [-0.15, -0.1) is 9.05 Å². The summed E-state index contributed by atoms with van der Waals surface area (Å²) in [5.41, 5.74) is 3.97. The number of hydrogen-bond acceptors (Lipinski definition) is 5. The maximum atomic E-state index is 12.7. The van der Waals surface area contributed by atoms with E-state index in [1.165, 1.54) is 0 Å². The van der Waals surface area contributed by atoms with E-state index in [0.29, 0.717) is 11.5 Å². The van der Waals surface area contributed by atoms with Crippen LogP contribution in [0, 0.1) is 0 Å². The Balaban J connectivity index is 0. The molecule has 0 heterocycles. The van der Waals surface area contributed by atoms with Gasteiger partial charge in [-0.1, -0.05) is 83.1 Å². The van der Waals surface area contributed by atoms with E-state index in [4.69, 9.17) is 9.05 Å². The topological polar surface area (TPSA) is 76.0 Å². The van der Waals surface area contributed by atoms with Gasteiger partial charge < -0.3 is 13.1 Å². The summed E-state index contributed by atoms with van der Waals surface area (Å²) in [7, 11) is -2.37. The van der Waals surface area contributed by atoms with Gasteiger partial charge in [0.2, 0.25) is 0 Å². The predicted molar refractivity (Wildman–Crippen MR) is 156 cm³/mol. The van der Waals surface area contributed by atoms with E-state index >= 15 is 0 Å². The van der Waals surface area contributed by atoms with E-state index < -0.39 is 8.25 Å². The molecule has 0 saturated carbocycles. The van der Waals surface area contributed by atoms with Gasteiger partial charge in [0.25, 0.3) is 0 Å². The zero-order chi connectivity index (χ0) is 27.9. The van der Waals surface area contributed by atoms with Crippen molar-refractivity contribution in [2.24, 2.45) is 0 Å². The fourth-order valence-corrected chi connectivity index (χ4v) is 4.72. The quantitative estimate of drug-likeness (QED) is 0.274. The van der Waals surface area contributed by atoms with E-state index in [2.05, 4.69) is 83.1 Å². The van der Waals surface area contributed by atoms with Gasteiger partial charge >= 0.3 is 46.0 Å². The zero-order valence-corrected chi connectivity index (χ0v) is 28.1. The minimum Gasteiger partial charge on any atom is -1.00 e. The molecule has 0 fully saturated rings. The van der Waals surface area contributed by atoms with Crippen LogP contribution in [0.5, 0.6) is 11.5 Å². The molecule has 0 radical (unpaired) electrons. The molecule has 2 rings (SSSR count). The Morgan fingerprint density at radius 3 is 1.00 bits per heavy atom. The third-order valence-corrected chi connectivity index (χ3v) is 6.92. The van der Waals surface area contributed by atoms with E-state index in [0.717, 1.165) is 33.4 Å². The maximum Gasteiger partial charge on any atom is 2.00 e. The summed E-state index contributed by atoms with van der Waals surface area (Å²) in [6, 6.07) is 7.66. The molecule has 5 nitrogen and oxygen atoms in total. The van der Waals surface area contributed by atoms with E-state index in [1.54, 1.807) is 0 Å². The Bertz CT molecular complexity index is 967. The molecule has 2 aromatic rings. The van der Waals surface area contributed by atoms with Crippen molar-refractivity contribution >= 4 is 46.0 Å². The largest absolute Gasteiger partial charge is 2.00 e. The number of phenols is 2. The van der Waals surface area contributed by atoms with E-state index in [9.17, 15) is 14.8 Å². The average Bonchev–Trinajstić information content (AvgIpc) is 2.68. The van der Waals surface area contributed by atoms with Crippen molar-refractivity contribution in [1.29, 1.82) is 0 Å². The SMILES string of the molecule is CC(C)(C)c1cc(CO[P+](=O)OCc2cc(C(C)(C)C)c(O)c(C(C)(C)C)c2)cc(C(C)(C)C)c1O.[Ca+2].[H-].[H-]. The van der Waals surface area contributed by atoms with Gasteiger partial charge in [0.15, 0.2) is 0 Å². The molecule has 0 bridgehead atoms. The number of aromatic hydroxyl groups is 2. The molecule has 7 heteroatoms. The first kappa shape index (κ1) is 34.3. The molecule has 37 heavy (non-hydrogen) atoms. The second-order valence-electron chi connectivity index (χ2n) is 13.8. The van der Waals surface area contributed by atoms with Crippen LogP contribution in [0.1, 0.15) is 119 Å². The van der Waals surface area contributed by atoms with Crippen LogP contribution in [0.25, 0.3) is 0 Å². The van der Waals surface area contributed by atoms with Crippen LogP contribution in [0.4, 0.5) is 0 Å². The van der Waals surface area contributed by atoms with Gasteiger partial charge in [-0.2, -0.15) is 0 Å². The van der Waals surface area contributed by atoms with Crippen LogP contribution in [0.3, 0.4) is 0 Å². The molecule has 0 unspecified atom stereocenters. The molecule has 0 aromatic heterocycles. The summed E-state index contributed by atoms with van der Waals surface area (Å²) in [6.07, 6.45) is 0. The first-order valence-corrected chi connectivity index (χ1v) is 13.7. The van der Waals surface area contributed by atoms with Gasteiger partial charge in [0, 0.05) is 4.57 Å². The summed E-state index contributed by atoms with van der Waals surface area (Å²) in [4.78, 5) is 0. The zero-order valence-electron chi connectivity index (χ0n) is 27.0. The fourth-order valence-electron chi connectivity index (χ4n) is 4.13. The molecular formula is C30H48CaO5P+. The Morgan fingerprint density at radius 2 is 0.811 bits per heavy atom. The summed E-state index contributed by atoms with van der Waals surface area (Å²) in [6.45, 7) is 24.9. The van der Waals surface area contributed by atoms with Crippen molar-refractivity contribution in [3.8, 4) is 11.5 Å². The van der Waals surface area contributed by atoms with E-state index in [-0.39, 0.29) is 75.5 Å². The van der Waals surface area contributed by atoms with Crippen molar-refractivity contribution in [1.82, 2.24) is 0 Å². The predicted octanol–water partition coefficient (Wildman–Crippen LogP) is 8.52. The third kappa shape index (κ3) is 9.19. The molecule has 0 aliphatic carbocycles.